The molecule has 2 aromatic carbocycles. The molecule has 28 heavy (non-hydrogen) atoms. The van der Waals surface area contributed by atoms with Crippen LogP contribution >= 0.6 is 34.8 Å². The molecule has 0 saturated carbocycles. The number of fused-ring (bicyclic) bond motifs is 3. The summed E-state index contributed by atoms with van der Waals surface area (Å²) in [5, 5.41) is 5.17. The lowest BCUT2D eigenvalue weighted by Gasteiger charge is -2.38. The predicted octanol–water partition coefficient (Wildman–Crippen LogP) is 6.50. The molecule has 1 heterocycles. The molecule has 0 amide bonds. The van der Waals surface area contributed by atoms with Crippen LogP contribution in [0.15, 0.2) is 30.4 Å². The number of anilines is 1. The van der Waals surface area contributed by atoms with Gasteiger partial charge in [-0.05, 0) is 36.1 Å². The molecule has 2 aromatic rings. The summed E-state index contributed by atoms with van der Waals surface area (Å²) in [6, 6.07) is 5.63. The van der Waals surface area contributed by atoms with Crippen molar-refractivity contribution in [2.45, 2.75) is 18.4 Å². The maximum absolute atomic E-state index is 6.56. The van der Waals surface area contributed by atoms with Crippen molar-refractivity contribution in [3.8, 4) is 17.2 Å². The van der Waals surface area contributed by atoms with Gasteiger partial charge in [-0.2, -0.15) is 0 Å². The number of hydrogen-bond acceptors (Lipinski definition) is 4. The molecule has 0 fully saturated rings. The van der Waals surface area contributed by atoms with E-state index < -0.39 is 0 Å². The van der Waals surface area contributed by atoms with Crippen LogP contribution in [0.25, 0.3) is 0 Å². The zero-order valence-corrected chi connectivity index (χ0v) is 18.0. The van der Waals surface area contributed by atoms with Crippen molar-refractivity contribution in [1.82, 2.24) is 0 Å². The van der Waals surface area contributed by atoms with Crippen LogP contribution in [0.3, 0.4) is 0 Å². The molecule has 4 nitrogen and oxygen atoms in total. The summed E-state index contributed by atoms with van der Waals surface area (Å²) >= 11 is 19.4. The van der Waals surface area contributed by atoms with Crippen LogP contribution in [0.5, 0.6) is 17.2 Å². The van der Waals surface area contributed by atoms with Crippen LogP contribution in [-0.2, 0) is 0 Å². The molecule has 148 valence electrons. The van der Waals surface area contributed by atoms with E-state index in [0.717, 1.165) is 23.2 Å². The van der Waals surface area contributed by atoms with Crippen LogP contribution in [0.2, 0.25) is 15.1 Å². The summed E-state index contributed by atoms with van der Waals surface area (Å²) in [7, 11) is 4.82. The fourth-order valence-corrected chi connectivity index (χ4v) is 5.08. The van der Waals surface area contributed by atoms with Crippen LogP contribution in [0.1, 0.15) is 29.5 Å². The number of rotatable bonds is 4. The van der Waals surface area contributed by atoms with Gasteiger partial charge in [0.2, 0.25) is 5.75 Å². The van der Waals surface area contributed by atoms with E-state index in [1.807, 2.05) is 12.1 Å². The molecule has 0 saturated heterocycles. The SMILES string of the molecule is COc1cc([C@H]2Nc3c(Cl)cc(Cl)c(Cl)c3[C@@H]3C=CC[C@H]23)cc(OC)c1OC. The molecule has 2 aliphatic rings. The highest BCUT2D eigenvalue weighted by molar-refractivity contribution is 6.44. The molecule has 0 radical (unpaired) electrons. The highest BCUT2D eigenvalue weighted by atomic mass is 35.5. The molecule has 0 unspecified atom stereocenters. The number of allylic oxidation sites excluding steroid dienone is 2. The number of halogens is 3. The Morgan fingerprint density at radius 2 is 1.61 bits per heavy atom. The number of benzene rings is 2. The van der Waals surface area contributed by atoms with E-state index in [2.05, 4.69) is 17.5 Å². The molecule has 1 aliphatic carbocycles. The van der Waals surface area contributed by atoms with E-state index in [0.29, 0.717) is 32.3 Å². The highest BCUT2D eigenvalue weighted by Gasteiger charge is 2.41. The van der Waals surface area contributed by atoms with Crippen molar-refractivity contribution in [3.05, 3.63) is 56.5 Å². The smallest absolute Gasteiger partial charge is 0.203 e. The van der Waals surface area contributed by atoms with Gasteiger partial charge in [0, 0.05) is 11.5 Å². The van der Waals surface area contributed by atoms with Gasteiger partial charge in [-0.1, -0.05) is 47.0 Å². The first-order valence-electron chi connectivity index (χ1n) is 8.90. The maximum Gasteiger partial charge on any atom is 0.203 e. The minimum Gasteiger partial charge on any atom is -0.493 e. The second-order valence-electron chi connectivity index (χ2n) is 6.88. The van der Waals surface area contributed by atoms with Gasteiger partial charge in [-0.25, -0.2) is 0 Å². The van der Waals surface area contributed by atoms with E-state index in [9.17, 15) is 0 Å². The lowest BCUT2D eigenvalue weighted by Crippen LogP contribution is -2.29. The van der Waals surface area contributed by atoms with E-state index in [1.54, 1.807) is 27.4 Å². The summed E-state index contributed by atoms with van der Waals surface area (Å²) < 4.78 is 16.5. The Hall–Kier alpha value is -1.75. The zero-order valence-electron chi connectivity index (χ0n) is 15.7. The Balaban J connectivity index is 1.86. The predicted molar refractivity (Wildman–Crippen MR) is 114 cm³/mol. The number of nitrogens with one attached hydrogen (secondary N) is 1. The Morgan fingerprint density at radius 1 is 0.929 bits per heavy atom. The molecule has 7 heteroatoms. The average molecular weight is 441 g/mol. The molecule has 1 aliphatic heterocycles. The summed E-state index contributed by atoms with van der Waals surface area (Å²) in [5.41, 5.74) is 2.81. The summed E-state index contributed by atoms with van der Waals surface area (Å²) in [5.74, 6) is 2.20. The molecule has 1 N–H and O–H groups in total. The topological polar surface area (TPSA) is 39.7 Å². The van der Waals surface area contributed by atoms with Crippen molar-refractivity contribution < 1.29 is 14.2 Å². The monoisotopic (exact) mass is 439 g/mol. The standard InChI is InChI=1S/C21H20Cl3NO3/c1-26-15-7-10(8-16(27-2)21(15)28-3)19-12-6-4-5-11(12)17-18(24)13(22)9-14(23)20(17)25-19/h4-5,7-9,11-12,19,25H,6H2,1-3H3/t11-,12+,19-/m1/s1. The fourth-order valence-electron chi connectivity index (χ4n) is 4.27. The normalized spacial score (nSPS) is 22.3. The van der Waals surface area contributed by atoms with Crippen LogP contribution in [0, 0.1) is 5.92 Å². The first-order valence-corrected chi connectivity index (χ1v) is 10.0. The molecule has 0 aromatic heterocycles. The number of methoxy groups -OCH3 is 3. The molecule has 0 spiro atoms. The van der Waals surface area contributed by atoms with Crippen molar-refractivity contribution in [2.75, 3.05) is 26.6 Å². The van der Waals surface area contributed by atoms with Crippen molar-refractivity contribution >= 4 is 40.5 Å². The summed E-state index contributed by atoms with van der Waals surface area (Å²) in [6.07, 6.45) is 5.29. The Bertz CT molecular complexity index is 935. The third-order valence-electron chi connectivity index (χ3n) is 5.53. The Kier molecular flexibility index (Phi) is 5.30. The number of ether oxygens (including phenoxy) is 3. The van der Waals surface area contributed by atoms with Crippen LogP contribution in [-0.4, -0.2) is 21.3 Å². The largest absolute Gasteiger partial charge is 0.493 e. The zero-order chi connectivity index (χ0) is 20.0. The molecule has 0 bridgehead atoms. The van der Waals surface area contributed by atoms with E-state index >= 15 is 0 Å². The highest BCUT2D eigenvalue weighted by Crippen LogP contribution is 2.56. The molecule has 4 rings (SSSR count). The molecule has 3 atom stereocenters. The second-order valence-corrected chi connectivity index (χ2v) is 8.07. The minimum atomic E-state index is -0.00375. The summed E-state index contributed by atoms with van der Waals surface area (Å²) in [6.45, 7) is 0. The van der Waals surface area contributed by atoms with Gasteiger partial charge in [0.25, 0.3) is 0 Å². The summed E-state index contributed by atoms with van der Waals surface area (Å²) in [4.78, 5) is 0. The van der Waals surface area contributed by atoms with Gasteiger partial charge in [0.1, 0.15) is 0 Å². The molecular weight excluding hydrogens is 421 g/mol. The van der Waals surface area contributed by atoms with Crippen LogP contribution < -0.4 is 19.5 Å². The Labute approximate surface area is 179 Å². The fraction of sp³-hybridized carbons (Fsp3) is 0.333. The quantitative estimate of drug-likeness (QED) is 0.435. The van der Waals surface area contributed by atoms with Crippen molar-refractivity contribution in [3.63, 3.8) is 0 Å². The van der Waals surface area contributed by atoms with E-state index in [4.69, 9.17) is 49.0 Å². The number of hydrogen-bond donors (Lipinski definition) is 1. The van der Waals surface area contributed by atoms with Gasteiger partial charge in [-0.3, -0.25) is 0 Å². The van der Waals surface area contributed by atoms with Gasteiger partial charge >= 0.3 is 0 Å². The first kappa shape index (κ1) is 19.6. The lowest BCUT2D eigenvalue weighted by molar-refractivity contribution is 0.322. The maximum atomic E-state index is 6.56. The third kappa shape index (κ3) is 2.99. The third-order valence-corrected chi connectivity index (χ3v) is 6.63. The second kappa shape index (κ2) is 7.58. The van der Waals surface area contributed by atoms with E-state index in [1.165, 1.54) is 0 Å². The van der Waals surface area contributed by atoms with Crippen LogP contribution in [0.4, 0.5) is 5.69 Å². The van der Waals surface area contributed by atoms with Gasteiger partial charge in [0.05, 0.1) is 48.1 Å². The van der Waals surface area contributed by atoms with Gasteiger partial charge < -0.3 is 19.5 Å². The Morgan fingerprint density at radius 3 is 2.21 bits per heavy atom. The first-order chi connectivity index (χ1) is 13.5. The van der Waals surface area contributed by atoms with Gasteiger partial charge in [0.15, 0.2) is 11.5 Å². The van der Waals surface area contributed by atoms with E-state index in [-0.39, 0.29) is 17.9 Å². The minimum absolute atomic E-state index is 0.00375. The van der Waals surface area contributed by atoms with Gasteiger partial charge in [-0.15, -0.1) is 0 Å². The van der Waals surface area contributed by atoms with Crippen molar-refractivity contribution in [1.29, 1.82) is 0 Å². The lowest BCUT2D eigenvalue weighted by atomic mass is 9.77. The van der Waals surface area contributed by atoms with Crippen molar-refractivity contribution in [2.24, 2.45) is 5.92 Å². The average Bonchev–Trinajstić information content (AvgIpc) is 3.19. The molecular formula is C21H20Cl3NO3.